The molecule has 2 aromatic heterocycles. The molecule has 2 heterocycles. The molecule has 0 aliphatic heterocycles. The van der Waals surface area contributed by atoms with Gasteiger partial charge in [-0.25, -0.2) is 4.98 Å². The van der Waals surface area contributed by atoms with E-state index in [1.54, 1.807) is 0 Å². The molecule has 0 aliphatic rings. The summed E-state index contributed by atoms with van der Waals surface area (Å²) in [4.78, 5) is 16.0. The maximum absolute atomic E-state index is 11.9. The van der Waals surface area contributed by atoms with Crippen molar-refractivity contribution in [3.8, 4) is 0 Å². The molecule has 2 rings (SSSR count). The molecule has 4 nitrogen and oxygen atoms in total. The third-order valence-electron chi connectivity index (χ3n) is 3.04. The smallest absolute Gasteiger partial charge is 0.166 e. The quantitative estimate of drug-likeness (QED) is 0.760. The van der Waals surface area contributed by atoms with E-state index >= 15 is 0 Å². The number of rotatable bonds is 5. The molecule has 0 N–H and O–H groups in total. The molecule has 18 heavy (non-hydrogen) atoms. The molecule has 0 radical (unpaired) electrons. The Hall–Kier alpha value is -1.84. The molecule has 0 aromatic carbocycles. The van der Waals surface area contributed by atoms with Gasteiger partial charge in [-0.05, 0) is 13.0 Å². The van der Waals surface area contributed by atoms with Crippen LogP contribution in [0.1, 0.15) is 36.8 Å². The summed E-state index contributed by atoms with van der Waals surface area (Å²) in [6.07, 6.45) is 7.56. The fraction of sp³-hybridized carbons (Fsp3) is 0.429. The predicted octanol–water partition coefficient (Wildman–Crippen LogP) is 2.59. The number of carbonyl (C=O) groups excluding carboxylic acids is 1. The number of hydrogen-bond donors (Lipinski definition) is 0. The number of aryl methyl sites for hydroxylation is 1. The van der Waals surface area contributed by atoms with Crippen LogP contribution in [0.15, 0.2) is 31.0 Å². The van der Waals surface area contributed by atoms with Gasteiger partial charge in [0, 0.05) is 36.6 Å². The normalized spacial score (nSPS) is 11.1. The first-order valence-corrected chi connectivity index (χ1v) is 6.30. The summed E-state index contributed by atoms with van der Waals surface area (Å²) in [6, 6.07) is 1.88. The van der Waals surface area contributed by atoms with Crippen LogP contribution < -0.4 is 0 Å². The number of imidazole rings is 1. The minimum Gasteiger partial charge on any atom is -0.348 e. The lowest BCUT2D eigenvalue weighted by Crippen LogP contribution is -2.07. The van der Waals surface area contributed by atoms with Gasteiger partial charge in [0.15, 0.2) is 5.78 Å². The van der Waals surface area contributed by atoms with Gasteiger partial charge in [0.25, 0.3) is 0 Å². The number of carbonyl (C=O) groups is 1. The van der Waals surface area contributed by atoms with Crippen molar-refractivity contribution in [2.24, 2.45) is 5.92 Å². The van der Waals surface area contributed by atoms with E-state index in [4.69, 9.17) is 0 Å². The van der Waals surface area contributed by atoms with E-state index in [2.05, 4.69) is 16.5 Å². The molecule has 0 aliphatic carbocycles. The van der Waals surface area contributed by atoms with Gasteiger partial charge in [-0.15, -0.1) is 0 Å². The lowest BCUT2D eigenvalue weighted by atomic mass is 10.0. The van der Waals surface area contributed by atoms with Crippen molar-refractivity contribution in [2.75, 3.05) is 0 Å². The van der Waals surface area contributed by atoms with Gasteiger partial charge in [-0.3, -0.25) is 4.79 Å². The Kier molecular flexibility index (Phi) is 3.65. The second-order valence-corrected chi connectivity index (χ2v) is 4.76. The van der Waals surface area contributed by atoms with E-state index in [1.807, 2.05) is 49.4 Å². The van der Waals surface area contributed by atoms with Crippen LogP contribution >= 0.6 is 0 Å². The van der Waals surface area contributed by atoms with Crippen LogP contribution in [0.25, 0.3) is 0 Å². The summed E-state index contributed by atoms with van der Waals surface area (Å²) in [5.74, 6) is 0.236. The van der Waals surface area contributed by atoms with Crippen LogP contribution in [0, 0.1) is 5.92 Å². The predicted molar refractivity (Wildman–Crippen MR) is 70.6 cm³/mol. The van der Waals surface area contributed by atoms with Crippen molar-refractivity contribution >= 4 is 5.78 Å². The van der Waals surface area contributed by atoms with Crippen molar-refractivity contribution in [3.63, 3.8) is 0 Å². The molecular formula is C14H19N3O. The Morgan fingerprint density at radius 2 is 2.22 bits per heavy atom. The molecule has 0 saturated carbocycles. The van der Waals surface area contributed by atoms with Gasteiger partial charge in [-0.2, -0.15) is 0 Å². The highest BCUT2D eigenvalue weighted by Crippen LogP contribution is 2.11. The van der Waals surface area contributed by atoms with Crippen LogP contribution in [-0.2, 0) is 13.1 Å². The number of hydrogen-bond acceptors (Lipinski definition) is 2. The first kappa shape index (κ1) is 12.6. The fourth-order valence-corrected chi connectivity index (χ4v) is 1.97. The third kappa shape index (κ3) is 2.53. The Morgan fingerprint density at radius 1 is 1.44 bits per heavy atom. The van der Waals surface area contributed by atoms with Gasteiger partial charge in [0.2, 0.25) is 0 Å². The van der Waals surface area contributed by atoms with Crippen molar-refractivity contribution in [3.05, 3.63) is 42.2 Å². The summed E-state index contributed by atoms with van der Waals surface area (Å²) in [7, 11) is 0. The Bertz CT molecular complexity index is 537. The van der Waals surface area contributed by atoms with E-state index in [1.165, 1.54) is 0 Å². The molecule has 0 bridgehead atoms. The van der Waals surface area contributed by atoms with E-state index in [-0.39, 0.29) is 11.7 Å². The average Bonchev–Trinajstić information content (AvgIpc) is 2.97. The molecule has 0 amide bonds. The van der Waals surface area contributed by atoms with Gasteiger partial charge in [0.05, 0.1) is 18.6 Å². The minimum absolute atomic E-state index is 0.0435. The van der Waals surface area contributed by atoms with Crippen LogP contribution in [0.3, 0.4) is 0 Å². The van der Waals surface area contributed by atoms with Crippen molar-refractivity contribution in [1.29, 1.82) is 0 Å². The highest BCUT2D eigenvalue weighted by atomic mass is 16.1. The molecule has 0 fully saturated rings. The molecule has 0 spiro atoms. The van der Waals surface area contributed by atoms with Crippen molar-refractivity contribution in [1.82, 2.24) is 14.1 Å². The summed E-state index contributed by atoms with van der Waals surface area (Å²) < 4.78 is 4.13. The molecule has 0 atom stereocenters. The van der Waals surface area contributed by atoms with E-state index in [9.17, 15) is 4.79 Å². The topological polar surface area (TPSA) is 39.8 Å². The zero-order chi connectivity index (χ0) is 13.1. The number of Topliss-reactive ketones (excluding diaryl/α,β-unsaturated/α-hetero) is 1. The average molecular weight is 245 g/mol. The summed E-state index contributed by atoms with van der Waals surface area (Å²) in [6.45, 7) is 7.60. The highest BCUT2D eigenvalue weighted by molar-refractivity contribution is 5.97. The molecule has 96 valence electrons. The maximum atomic E-state index is 11.9. The largest absolute Gasteiger partial charge is 0.348 e. The maximum Gasteiger partial charge on any atom is 0.166 e. The Morgan fingerprint density at radius 3 is 2.89 bits per heavy atom. The molecule has 4 heteroatoms. The van der Waals surface area contributed by atoms with Crippen molar-refractivity contribution in [2.45, 2.75) is 33.9 Å². The number of nitrogens with zero attached hydrogens (tertiary/aromatic N) is 3. The van der Waals surface area contributed by atoms with E-state index in [0.29, 0.717) is 0 Å². The second kappa shape index (κ2) is 5.21. The molecule has 0 unspecified atom stereocenters. The SMILES string of the molecule is CCn1cncc1Cn1ccc(C(=O)C(C)C)c1. The lowest BCUT2D eigenvalue weighted by Gasteiger charge is -2.06. The minimum atomic E-state index is 0.0435. The first-order chi connectivity index (χ1) is 8.61. The summed E-state index contributed by atoms with van der Waals surface area (Å²) >= 11 is 0. The molecular weight excluding hydrogens is 226 g/mol. The van der Waals surface area contributed by atoms with Crippen molar-refractivity contribution < 1.29 is 4.79 Å². The van der Waals surface area contributed by atoms with Crippen LogP contribution in [-0.4, -0.2) is 19.9 Å². The highest BCUT2D eigenvalue weighted by Gasteiger charge is 2.12. The van der Waals surface area contributed by atoms with Gasteiger partial charge >= 0.3 is 0 Å². The standard InChI is InChI=1S/C14H19N3O/c1-4-17-10-15-7-13(17)9-16-6-5-12(8-16)14(18)11(2)3/h5-8,10-11H,4,9H2,1-3H3. The summed E-state index contributed by atoms with van der Waals surface area (Å²) in [5, 5.41) is 0. The lowest BCUT2D eigenvalue weighted by molar-refractivity contribution is 0.0939. The van der Waals surface area contributed by atoms with Crippen LogP contribution in [0.2, 0.25) is 0 Å². The monoisotopic (exact) mass is 245 g/mol. The third-order valence-corrected chi connectivity index (χ3v) is 3.04. The Balaban J connectivity index is 2.14. The summed E-state index contributed by atoms with van der Waals surface area (Å²) in [5.41, 5.74) is 1.93. The number of ketones is 1. The molecule has 2 aromatic rings. The zero-order valence-corrected chi connectivity index (χ0v) is 11.1. The zero-order valence-electron chi connectivity index (χ0n) is 11.1. The van der Waals surface area contributed by atoms with Crippen LogP contribution in [0.4, 0.5) is 0 Å². The van der Waals surface area contributed by atoms with Crippen LogP contribution in [0.5, 0.6) is 0 Å². The molecule has 0 saturated heterocycles. The fourth-order valence-electron chi connectivity index (χ4n) is 1.97. The van der Waals surface area contributed by atoms with E-state index in [0.717, 1.165) is 24.3 Å². The van der Waals surface area contributed by atoms with Gasteiger partial charge in [0.1, 0.15) is 0 Å². The van der Waals surface area contributed by atoms with Gasteiger partial charge < -0.3 is 9.13 Å². The second-order valence-electron chi connectivity index (χ2n) is 4.76. The first-order valence-electron chi connectivity index (χ1n) is 6.30. The number of aromatic nitrogens is 3. The van der Waals surface area contributed by atoms with Gasteiger partial charge in [-0.1, -0.05) is 13.8 Å². The Labute approximate surface area is 107 Å². The van der Waals surface area contributed by atoms with E-state index < -0.39 is 0 Å².